The van der Waals surface area contributed by atoms with Crippen LogP contribution in [0.5, 0.6) is 0 Å². The smallest absolute Gasteiger partial charge is 0.251 e. The van der Waals surface area contributed by atoms with Gasteiger partial charge in [0.2, 0.25) is 0 Å². The summed E-state index contributed by atoms with van der Waals surface area (Å²) in [6.45, 7) is 8.00. The molecule has 0 spiro atoms. The van der Waals surface area contributed by atoms with Crippen molar-refractivity contribution in [3.05, 3.63) is 16.3 Å². The molecular formula is C24H33N5O3S. The molecule has 0 aromatic carbocycles. The van der Waals surface area contributed by atoms with Crippen LogP contribution in [-0.2, 0) is 33.7 Å². The molecular weight excluding hydrogens is 438 g/mol. The highest BCUT2D eigenvalue weighted by atomic mass is 32.1. The van der Waals surface area contributed by atoms with Crippen LogP contribution in [0, 0.1) is 0 Å². The van der Waals surface area contributed by atoms with Gasteiger partial charge in [0.05, 0.1) is 25.1 Å². The van der Waals surface area contributed by atoms with Gasteiger partial charge in [0.1, 0.15) is 22.6 Å². The summed E-state index contributed by atoms with van der Waals surface area (Å²) in [6.07, 6.45) is 6.43. The average Bonchev–Trinajstić information content (AvgIpc) is 3.52. The van der Waals surface area contributed by atoms with Gasteiger partial charge >= 0.3 is 0 Å². The molecule has 3 saturated heterocycles. The Morgan fingerprint density at radius 1 is 0.970 bits per heavy atom. The minimum Gasteiger partial charge on any atom is -0.379 e. The predicted octanol–water partition coefficient (Wildman–Crippen LogP) is 2.23. The van der Waals surface area contributed by atoms with Crippen LogP contribution < -0.4 is 4.90 Å². The van der Waals surface area contributed by atoms with Gasteiger partial charge in [-0.25, -0.2) is 9.97 Å². The van der Waals surface area contributed by atoms with Crippen molar-refractivity contribution in [1.29, 1.82) is 0 Å². The number of aromatic nitrogens is 2. The molecule has 0 radical (unpaired) electrons. The largest absolute Gasteiger partial charge is 0.379 e. The van der Waals surface area contributed by atoms with Crippen molar-refractivity contribution in [2.75, 3.05) is 64.0 Å². The van der Waals surface area contributed by atoms with Gasteiger partial charge in [-0.3, -0.25) is 9.69 Å². The molecule has 1 atom stereocenters. The Morgan fingerprint density at radius 2 is 1.79 bits per heavy atom. The zero-order chi connectivity index (χ0) is 22.2. The Kier molecular flexibility index (Phi) is 6.21. The molecule has 33 heavy (non-hydrogen) atoms. The molecule has 2 aromatic rings. The first-order chi connectivity index (χ1) is 16.3. The first-order valence-electron chi connectivity index (χ1n) is 12.5. The van der Waals surface area contributed by atoms with Crippen LogP contribution in [0.25, 0.3) is 10.2 Å². The Bertz CT molecular complexity index is 1010. The first-order valence-corrected chi connectivity index (χ1v) is 13.3. The van der Waals surface area contributed by atoms with E-state index in [4.69, 9.17) is 19.4 Å². The van der Waals surface area contributed by atoms with Gasteiger partial charge in [-0.2, -0.15) is 0 Å². The van der Waals surface area contributed by atoms with Crippen LogP contribution in [-0.4, -0.2) is 90.9 Å². The standard InChI is InChI=1S/C24H33N5O3S/c30-24(18-5-3-13-32-18)29-9-7-28(8-10-29)22-21-17-4-1-2-6-19(17)33-23(21)26-20(25-22)16-27-11-14-31-15-12-27/h18H,1-16H2/t18-/m1/s1. The third-order valence-corrected chi connectivity index (χ3v) is 8.59. The molecule has 1 amide bonds. The third-order valence-electron chi connectivity index (χ3n) is 7.41. The topological polar surface area (TPSA) is 71.0 Å². The first kappa shape index (κ1) is 21.7. The summed E-state index contributed by atoms with van der Waals surface area (Å²) in [5, 5.41) is 1.28. The third kappa shape index (κ3) is 4.36. The summed E-state index contributed by atoms with van der Waals surface area (Å²) in [7, 11) is 0. The normalized spacial score (nSPS) is 24.4. The Labute approximate surface area is 198 Å². The lowest BCUT2D eigenvalue weighted by Crippen LogP contribution is -2.51. The maximum atomic E-state index is 12.8. The van der Waals surface area contributed by atoms with E-state index in [1.165, 1.54) is 28.7 Å². The number of rotatable bonds is 4. The summed E-state index contributed by atoms with van der Waals surface area (Å²) in [4.78, 5) is 32.4. The van der Waals surface area contributed by atoms with Crippen LogP contribution >= 0.6 is 11.3 Å². The summed E-state index contributed by atoms with van der Waals surface area (Å²) in [5.74, 6) is 2.17. The molecule has 0 bridgehead atoms. The minimum absolute atomic E-state index is 0.168. The molecule has 1 aliphatic carbocycles. The van der Waals surface area contributed by atoms with Crippen LogP contribution in [0.1, 0.15) is 41.9 Å². The van der Waals surface area contributed by atoms with Crippen LogP contribution in [0.2, 0.25) is 0 Å². The molecule has 178 valence electrons. The summed E-state index contributed by atoms with van der Waals surface area (Å²) >= 11 is 1.87. The molecule has 6 rings (SSSR count). The molecule has 4 aliphatic rings. The van der Waals surface area contributed by atoms with E-state index in [1.807, 2.05) is 16.2 Å². The number of ether oxygens (including phenoxy) is 2. The van der Waals surface area contributed by atoms with Crippen LogP contribution in [0.15, 0.2) is 0 Å². The van der Waals surface area contributed by atoms with Gasteiger partial charge in [0.15, 0.2) is 0 Å². The summed E-state index contributed by atoms with van der Waals surface area (Å²) in [6, 6.07) is 0. The molecule has 0 saturated carbocycles. The highest BCUT2D eigenvalue weighted by Gasteiger charge is 2.32. The van der Waals surface area contributed by atoms with Gasteiger partial charge in [0, 0.05) is 50.8 Å². The van der Waals surface area contributed by atoms with Gasteiger partial charge in [-0.15, -0.1) is 11.3 Å². The second kappa shape index (κ2) is 9.44. The number of carbonyl (C=O) groups excluding carboxylic acids is 1. The number of fused-ring (bicyclic) bond motifs is 3. The van der Waals surface area contributed by atoms with E-state index in [0.29, 0.717) is 6.61 Å². The number of hydrogen-bond acceptors (Lipinski definition) is 8. The van der Waals surface area contributed by atoms with E-state index in [-0.39, 0.29) is 12.0 Å². The average molecular weight is 472 g/mol. The number of piperazine rings is 1. The molecule has 2 aromatic heterocycles. The van der Waals surface area contributed by atoms with Gasteiger partial charge in [0.25, 0.3) is 5.91 Å². The van der Waals surface area contributed by atoms with E-state index >= 15 is 0 Å². The number of aryl methyl sites for hydroxylation is 2. The maximum absolute atomic E-state index is 12.8. The van der Waals surface area contributed by atoms with Crippen molar-refractivity contribution in [1.82, 2.24) is 19.8 Å². The van der Waals surface area contributed by atoms with Crippen LogP contribution in [0.4, 0.5) is 5.82 Å². The Hall–Kier alpha value is -1.81. The second-order valence-electron chi connectivity index (χ2n) is 9.56. The summed E-state index contributed by atoms with van der Waals surface area (Å²) in [5.41, 5.74) is 1.48. The number of amides is 1. The monoisotopic (exact) mass is 471 g/mol. The number of morpholine rings is 1. The van der Waals surface area contributed by atoms with Gasteiger partial charge in [-0.1, -0.05) is 0 Å². The molecule has 8 nitrogen and oxygen atoms in total. The quantitative estimate of drug-likeness (QED) is 0.677. The van der Waals surface area contributed by atoms with Crippen molar-refractivity contribution in [2.45, 2.75) is 51.2 Å². The Balaban J connectivity index is 1.27. The van der Waals surface area contributed by atoms with Crippen molar-refractivity contribution >= 4 is 33.3 Å². The Morgan fingerprint density at radius 3 is 2.58 bits per heavy atom. The maximum Gasteiger partial charge on any atom is 0.251 e. The highest BCUT2D eigenvalue weighted by molar-refractivity contribution is 7.19. The lowest BCUT2D eigenvalue weighted by atomic mass is 9.97. The lowest BCUT2D eigenvalue weighted by Gasteiger charge is -2.37. The molecule has 3 fully saturated rings. The molecule has 5 heterocycles. The number of thiophene rings is 1. The predicted molar refractivity (Wildman–Crippen MR) is 128 cm³/mol. The number of anilines is 1. The fourth-order valence-electron chi connectivity index (χ4n) is 5.55. The molecule has 0 N–H and O–H groups in total. The second-order valence-corrected chi connectivity index (χ2v) is 10.6. The SMILES string of the molecule is O=C([C@H]1CCCO1)N1CCN(c2nc(CN3CCOCC3)nc3sc4c(c23)CCCC4)CC1. The highest BCUT2D eigenvalue weighted by Crippen LogP contribution is 2.40. The van der Waals surface area contributed by atoms with Gasteiger partial charge < -0.3 is 19.3 Å². The van der Waals surface area contributed by atoms with E-state index in [0.717, 1.165) is 101 Å². The van der Waals surface area contributed by atoms with E-state index < -0.39 is 0 Å². The number of carbonyl (C=O) groups is 1. The van der Waals surface area contributed by atoms with Crippen molar-refractivity contribution in [3.8, 4) is 0 Å². The van der Waals surface area contributed by atoms with E-state index in [9.17, 15) is 4.79 Å². The minimum atomic E-state index is -0.230. The fourth-order valence-corrected chi connectivity index (χ4v) is 6.83. The zero-order valence-corrected chi connectivity index (χ0v) is 20.1. The van der Waals surface area contributed by atoms with Crippen molar-refractivity contribution in [2.24, 2.45) is 0 Å². The van der Waals surface area contributed by atoms with Crippen LogP contribution in [0.3, 0.4) is 0 Å². The molecule has 3 aliphatic heterocycles. The number of hydrogen-bond donors (Lipinski definition) is 0. The lowest BCUT2D eigenvalue weighted by molar-refractivity contribution is -0.141. The number of nitrogens with zero attached hydrogens (tertiary/aromatic N) is 5. The van der Waals surface area contributed by atoms with Crippen molar-refractivity contribution < 1.29 is 14.3 Å². The van der Waals surface area contributed by atoms with E-state index in [1.54, 1.807) is 0 Å². The zero-order valence-electron chi connectivity index (χ0n) is 19.3. The summed E-state index contributed by atoms with van der Waals surface area (Å²) < 4.78 is 11.2. The fraction of sp³-hybridized carbons (Fsp3) is 0.708. The van der Waals surface area contributed by atoms with E-state index in [2.05, 4.69) is 9.80 Å². The van der Waals surface area contributed by atoms with Crippen molar-refractivity contribution in [3.63, 3.8) is 0 Å². The van der Waals surface area contributed by atoms with Gasteiger partial charge in [-0.05, 0) is 44.1 Å². The molecule has 0 unspecified atom stereocenters. The molecule has 9 heteroatoms.